The van der Waals surface area contributed by atoms with Crippen LogP contribution in [-0.2, 0) is 6.42 Å². The highest BCUT2D eigenvalue weighted by molar-refractivity contribution is 7.09. The number of hydrogen-bond donors (Lipinski definition) is 1. The van der Waals surface area contributed by atoms with E-state index in [9.17, 15) is 9.90 Å². The van der Waals surface area contributed by atoms with Gasteiger partial charge in [0.1, 0.15) is 5.82 Å². The SMILES string of the molecule is CCc1nsc(/N=N/C2=C(O)c3ccccc3C2=O)n1. The summed E-state index contributed by atoms with van der Waals surface area (Å²) in [5.74, 6) is 0.208. The van der Waals surface area contributed by atoms with Gasteiger partial charge in [0.15, 0.2) is 11.5 Å². The molecule has 20 heavy (non-hydrogen) atoms. The molecule has 1 aromatic carbocycles. The highest BCUT2D eigenvalue weighted by Gasteiger charge is 2.29. The summed E-state index contributed by atoms with van der Waals surface area (Å²) in [7, 11) is 0. The molecule has 1 N–H and O–H groups in total. The van der Waals surface area contributed by atoms with E-state index in [0.717, 1.165) is 11.5 Å². The molecular formula is C13H10N4O2S. The highest BCUT2D eigenvalue weighted by atomic mass is 32.1. The van der Waals surface area contributed by atoms with Crippen LogP contribution in [0.4, 0.5) is 5.13 Å². The van der Waals surface area contributed by atoms with Gasteiger partial charge in [-0.3, -0.25) is 4.79 Å². The van der Waals surface area contributed by atoms with E-state index in [2.05, 4.69) is 19.6 Å². The molecule has 1 aromatic heterocycles. The van der Waals surface area contributed by atoms with E-state index < -0.39 is 0 Å². The average molecular weight is 286 g/mol. The Bertz CT molecular complexity index is 748. The molecule has 0 fully saturated rings. The molecule has 0 amide bonds. The van der Waals surface area contributed by atoms with E-state index in [1.807, 2.05) is 6.92 Å². The Morgan fingerprint density at radius 1 is 1.25 bits per heavy atom. The Balaban J connectivity index is 1.92. The maximum absolute atomic E-state index is 12.1. The van der Waals surface area contributed by atoms with Gasteiger partial charge in [0, 0.05) is 29.1 Å². The molecule has 0 saturated carbocycles. The first kappa shape index (κ1) is 12.6. The Morgan fingerprint density at radius 2 is 2.00 bits per heavy atom. The number of carbonyl (C=O) groups is 1. The normalized spacial score (nSPS) is 14.3. The summed E-state index contributed by atoms with van der Waals surface area (Å²) in [4.78, 5) is 16.2. The van der Waals surface area contributed by atoms with Crippen LogP contribution < -0.4 is 0 Å². The number of Topliss-reactive ketones (excluding diaryl/α,β-unsaturated/α-hetero) is 1. The molecule has 0 atom stereocenters. The van der Waals surface area contributed by atoms with E-state index in [4.69, 9.17) is 0 Å². The van der Waals surface area contributed by atoms with Crippen LogP contribution in [0, 0.1) is 0 Å². The van der Waals surface area contributed by atoms with E-state index >= 15 is 0 Å². The van der Waals surface area contributed by atoms with Crippen molar-refractivity contribution in [2.45, 2.75) is 13.3 Å². The van der Waals surface area contributed by atoms with E-state index in [1.165, 1.54) is 0 Å². The summed E-state index contributed by atoms with van der Waals surface area (Å²) in [6, 6.07) is 6.81. The van der Waals surface area contributed by atoms with Crippen LogP contribution in [-0.4, -0.2) is 20.2 Å². The lowest BCUT2D eigenvalue weighted by atomic mass is 10.1. The van der Waals surface area contributed by atoms with Crippen LogP contribution >= 0.6 is 11.5 Å². The Morgan fingerprint density at radius 3 is 2.65 bits per heavy atom. The molecular weight excluding hydrogens is 276 g/mol. The quantitative estimate of drug-likeness (QED) is 0.877. The molecule has 6 nitrogen and oxygen atoms in total. The van der Waals surface area contributed by atoms with Gasteiger partial charge in [-0.25, -0.2) is 4.98 Å². The summed E-state index contributed by atoms with van der Waals surface area (Å²) in [6.45, 7) is 1.94. The molecule has 2 aromatic rings. The lowest BCUT2D eigenvalue weighted by Crippen LogP contribution is -1.95. The molecule has 0 spiro atoms. The zero-order valence-electron chi connectivity index (χ0n) is 10.6. The van der Waals surface area contributed by atoms with Crippen molar-refractivity contribution in [1.29, 1.82) is 0 Å². The van der Waals surface area contributed by atoms with Gasteiger partial charge in [-0.2, -0.15) is 4.37 Å². The number of benzene rings is 1. The number of aliphatic hydroxyl groups excluding tert-OH is 1. The number of nitrogens with zero attached hydrogens (tertiary/aromatic N) is 4. The number of hydrogen-bond acceptors (Lipinski definition) is 7. The average Bonchev–Trinajstić information content (AvgIpc) is 3.03. The number of azo groups is 1. The van der Waals surface area contributed by atoms with Crippen molar-refractivity contribution in [3.8, 4) is 0 Å². The summed E-state index contributed by atoms with van der Waals surface area (Å²) in [6.07, 6.45) is 0.713. The van der Waals surface area contributed by atoms with Crippen LogP contribution in [0.15, 0.2) is 40.2 Å². The maximum Gasteiger partial charge on any atom is 0.249 e. The fraction of sp³-hybridized carbons (Fsp3) is 0.154. The number of aryl methyl sites for hydroxylation is 1. The van der Waals surface area contributed by atoms with Gasteiger partial charge in [-0.15, -0.1) is 10.2 Å². The fourth-order valence-corrected chi connectivity index (χ4v) is 2.45. The topological polar surface area (TPSA) is 87.8 Å². The van der Waals surface area contributed by atoms with Crippen molar-refractivity contribution in [2.75, 3.05) is 0 Å². The highest BCUT2D eigenvalue weighted by Crippen LogP contribution is 2.32. The largest absolute Gasteiger partial charge is 0.505 e. The van der Waals surface area contributed by atoms with Crippen LogP contribution in [0.5, 0.6) is 0 Å². The van der Waals surface area contributed by atoms with Gasteiger partial charge in [-0.1, -0.05) is 31.2 Å². The standard InChI is InChI=1S/C13H10N4O2S/c1-2-9-14-13(20-17-9)16-15-10-11(18)7-5-3-4-6-8(7)12(10)19/h3-6,18H,2H2,1H3/b16-15+. The summed E-state index contributed by atoms with van der Waals surface area (Å²) in [5, 5.41) is 18.1. The lowest BCUT2D eigenvalue weighted by Gasteiger charge is -1.94. The smallest absolute Gasteiger partial charge is 0.249 e. The Kier molecular flexibility index (Phi) is 3.11. The maximum atomic E-state index is 12.1. The van der Waals surface area contributed by atoms with Crippen LogP contribution in [0.25, 0.3) is 5.76 Å². The first-order valence-electron chi connectivity index (χ1n) is 6.02. The van der Waals surface area contributed by atoms with Crippen LogP contribution in [0.2, 0.25) is 0 Å². The van der Waals surface area contributed by atoms with Gasteiger partial charge in [0.2, 0.25) is 10.9 Å². The van der Waals surface area contributed by atoms with Gasteiger partial charge < -0.3 is 5.11 Å². The summed E-state index contributed by atoms with van der Waals surface area (Å²) < 4.78 is 4.07. The Hall–Kier alpha value is -2.41. The molecule has 0 aliphatic heterocycles. The number of aromatic nitrogens is 2. The number of fused-ring (bicyclic) bond motifs is 1. The Labute approximate surface area is 118 Å². The van der Waals surface area contributed by atoms with Gasteiger partial charge >= 0.3 is 0 Å². The number of rotatable bonds is 3. The molecule has 0 saturated heterocycles. The summed E-state index contributed by atoms with van der Waals surface area (Å²) >= 11 is 1.11. The van der Waals surface area contributed by atoms with Crippen molar-refractivity contribution < 1.29 is 9.90 Å². The second kappa shape index (κ2) is 4.93. The lowest BCUT2D eigenvalue weighted by molar-refractivity contribution is 0.103. The number of ketones is 1. The van der Waals surface area contributed by atoms with Crippen molar-refractivity contribution >= 4 is 28.2 Å². The van der Waals surface area contributed by atoms with Crippen molar-refractivity contribution in [1.82, 2.24) is 9.36 Å². The minimum atomic E-state index is -0.331. The monoisotopic (exact) mass is 286 g/mol. The molecule has 0 unspecified atom stereocenters. The molecule has 3 rings (SSSR count). The molecule has 0 bridgehead atoms. The minimum Gasteiger partial charge on any atom is -0.505 e. The second-order valence-electron chi connectivity index (χ2n) is 4.12. The summed E-state index contributed by atoms with van der Waals surface area (Å²) in [5.41, 5.74) is 0.864. The molecule has 7 heteroatoms. The van der Waals surface area contributed by atoms with Crippen LogP contribution in [0.3, 0.4) is 0 Å². The predicted molar refractivity (Wildman–Crippen MR) is 74.1 cm³/mol. The third-order valence-corrected chi connectivity index (χ3v) is 3.51. The van der Waals surface area contributed by atoms with Crippen molar-refractivity contribution in [3.63, 3.8) is 0 Å². The third-order valence-electron chi connectivity index (χ3n) is 2.88. The van der Waals surface area contributed by atoms with E-state index in [1.54, 1.807) is 24.3 Å². The van der Waals surface area contributed by atoms with Crippen molar-refractivity contribution in [3.05, 3.63) is 46.9 Å². The fourth-order valence-electron chi connectivity index (χ4n) is 1.86. The van der Waals surface area contributed by atoms with Gasteiger partial charge in [0.25, 0.3) is 0 Å². The number of carbonyl (C=O) groups excluding carboxylic acids is 1. The molecule has 1 aliphatic rings. The van der Waals surface area contributed by atoms with Gasteiger partial charge in [0.05, 0.1) is 0 Å². The molecule has 0 radical (unpaired) electrons. The zero-order chi connectivity index (χ0) is 14.1. The van der Waals surface area contributed by atoms with Crippen molar-refractivity contribution in [2.24, 2.45) is 10.2 Å². The molecule has 1 aliphatic carbocycles. The van der Waals surface area contributed by atoms with Gasteiger partial charge in [-0.05, 0) is 0 Å². The van der Waals surface area contributed by atoms with Crippen LogP contribution in [0.1, 0.15) is 28.7 Å². The van der Waals surface area contributed by atoms with E-state index in [0.29, 0.717) is 28.5 Å². The molecule has 100 valence electrons. The number of aliphatic hydroxyl groups is 1. The first-order valence-corrected chi connectivity index (χ1v) is 6.79. The predicted octanol–water partition coefficient (Wildman–Crippen LogP) is 3.31. The molecule has 1 heterocycles. The van der Waals surface area contributed by atoms with E-state index in [-0.39, 0.29) is 17.2 Å². The number of allylic oxidation sites excluding steroid dienone is 1. The minimum absolute atomic E-state index is 0.0561. The third kappa shape index (κ3) is 2.01. The second-order valence-corrected chi connectivity index (χ2v) is 4.85. The zero-order valence-corrected chi connectivity index (χ0v) is 11.4. The first-order chi connectivity index (χ1) is 9.70.